The van der Waals surface area contributed by atoms with Gasteiger partial charge in [0.2, 0.25) is 5.91 Å². The van der Waals surface area contributed by atoms with Crippen LogP contribution in [0.4, 0.5) is 26.3 Å². The summed E-state index contributed by atoms with van der Waals surface area (Å²) in [4.78, 5) is 36.9. The van der Waals surface area contributed by atoms with Gasteiger partial charge >= 0.3 is 24.3 Å². The normalized spacial score (nSPS) is 20.7. The van der Waals surface area contributed by atoms with Crippen LogP contribution in [-0.4, -0.2) is 81.6 Å². The number of carboxylic acids is 2. The number of halogens is 6. The van der Waals surface area contributed by atoms with E-state index in [4.69, 9.17) is 29.0 Å². The fourth-order valence-corrected chi connectivity index (χ4v) is 3.99. The van der Waals surface area contributed by atoms with Crippen molar-refractivity contribution >= 4 is 17.8 Å². The number of hydrogen-bond acceptors (Lipinski definition) is 7. The quantitative estimate of drug-likeness (QED) is 0.436. The van der Waals surface area contributed by atoms with Crippen LogP contribution in [0.15, 0.2) is 47.4 Å². The second-order valence-corrected chi connectivity index (χ2v) is 8.67. The molecule has 0 aliphatic carbocycles. The first-order valence-corrected chi connectivity index (χ1v) is 11.9. The number of carbonyl (C=O) groups is 3. The molecule has 222 valence electrons. The number of nitrogens with zero attached hydrogens (tertiary/aromatic N) is 2. The van der Waals surface area contributed by atoms with Crippen LogP contribution in [-0.2, 0) is 32.1 Å². The van der Waals surface area contributed by atoms with E-state index in [1.807, 2.05) is 24.3 Å². The summed E-state index contributed by atoms with van der Waals surface area (Å²) in [7, 11) is 0. The number of alkyl halides is 6. The highest BCUT2D eigenvalue weighted by atomic mass is 19.4. The Morgan fingerprint density at radius 1 is 1.00 bits per heavy atom. The molecule has 0 spiro atoms. The van der Waals surface area contributed by atoms with E-state index in [1.165, 1.54) is 5.56 Å². The van der Waals surface area contributed by atoms with Crippen LogP contribution in [0.3, 0.4) is 0 Å². The summed E-state index contributed by atoms with van der Waals surface area (Å²) < 4.78 is 74.8. The van der Waals surface area contributed by atoms with Gasteiger partial charge < -0.3 is 24.7 Å². The Balaban J connectivity index is 0.000000333. The van der Waals surface area contributed by atoms with Crippen LogP contribution >= 0.6 is 0 Å². The minimum atomic E-state index is -5.08. The molecule has 0 unspecified atom stereocenters. The number of carboxylic acid groups (broad SMARTS) is 2. The van der Waals surface area contributed by atoms with Crippen LogP contribution < -0.4 is 5.32 Å². The zero-order valence-corrected chi connectivity index (χ0v) is 20.8. The Hall–Kier alpha value is -3.66. The summed E-state index contributed by atoms with van der Waals surface area (Å²) in [5, 5.41) is 17.2. The van der Waals surface area contributed by atoms with E-state index in [0.29, 0.717) is 12.6 Å². The van der Waals surface area contributed by atoms with Crippen molar-refractivity contribution in [1.82, 2.24) is 15.2 Å². The number of rotatable bonds is 6. The Bertz CT molecular complexity index is 1060. The van der Waals surface area contributed by atoms with Gasteiger partial charge in [-0.15, -0.1) is 0 Å². The lowest BCUT2D eigenvalue weighted by Crippen LogP contribution is -2.47. The van der Waals surface area contributed by atoms with Gasteiger partial charge in [0.15, 0.2) is 0 Å². The van der Waals surface area contributed by atoms with Crippen molar-refractivity contribution < 1.29 is 60.1 Å². The number of furan rings is 1. The third-order valence-corrected chi connectivity index (χ3v) is 5.81. The average molecular weight is 583 g/mol. The molecular weight excluding hydrogens is 556 g/mol. The number of aromatic nitrogens is 1. The van der Waals surface area contributed by atoms with Gasteiger partial charge in [0, 0.05) is 49.6 Å². The third-order valence-electron chi connectivity index (χ3n) is 5.81. The molecule has 3 atom stereocenters. The first-order valence-electron chi connectivity index (χ1n) is 11.9. The largest absolute Gasteiger partial charge is 0.490 e. The zero-order valence-electron chi connectivity index (χ0n) is 20.8. The molecule has 1 amide bonds. The van der Waals surface area contributed by atoms with Crippen LogP contribution in [0.5, 0.6) is 0 Å². The third kappa shape index (κ3) is 10.8. The summed E-state index contributed by atoms with van der Waals surface area (Å²) in [5.41, 5.74) is 2.18. The molecule has 4 rings (SSSR count). The molecule has 0 bridgehead atoms. The topological polar surface area (TPSA) is 142 Å². The molecule has 40 heavy (non-hydrogen) atoms. The minimum Gasteiger partial charge on any atom is -0.475 e. The number of hydrogen-bond donors (Lipinski definition) is 3. The number of amides is 1. The number of aliphatic carboxylic acids is 2. The SMILES string of the molecule is O=C(NCCc1ccccn1)[C@@H]1CC[C@@H]2[C@@H](CCN2Cc2ccoc2)O1.O=C(O)C(F)(F)F.O=C(O)C(F)(F)F. The Kier molecular flexibility index (Phi) is 11.9. The molecule has 2 aromatic rings. The van der Waals surface area contributed by atoms with Gasteiger partial charge in [-0.2, -0.15) is 26.3 Å². The number of pyridine rings is 1. The molecule has 2 aliphatic rings. The fraction of sp³-hybridized carbons (Fsp3) is 0.500. The van der Waals surface area contributed by atoms with Crippen LogP contribution in [0, 0.1) is 0 Å². The van der Waals surface area contributed by atoms with E-state index in [9.17, 15) is 31.1 Å². The maximum Gasteiger partial charge on any atom is 0.490 e. The molecule has 0 saturated carbocycles. The van der Waals surface area contributed by atoms with E-state index < -0.39 is 24.3 Å². The van der Waals surface area contributed by atoms with Gasteiger partial charge in [0.1, 0.15) is 6.10 Å². The van der Waals surface area contributed by atoms with E-state index in [2.05, 4.69) is 15.2 Å². The van der Waals surface area contributed by atoms with Gasteiger partial charge in [-0.3, -0.25) is 14.7 Å². The first kappa shape index (κ1) is 32.6. The van der Waals surface area contributed by atoms with Gasteiger partial charge in [0.25, 0.3) is 0 Å². The highest BCUT2D eigenvalue weighted by Gasteiger charge is 2.42. The summed E-state index contributed by atoms with van der Waals surface area (Å²) in [6, 6.07) is 8.24. The molecule has 16 heteroatoms. The standard InChI is InChI=1S/C20H25N3O3.2C2HF3O2/c24-20(22-10-6-16-3-1-2-9-21-16)19-5-4-17-18(26-19)7-11-23(17)13-15-8-12-25-14-15;2*3-2(4,5)1(6)7/h1-3,8-9,12,14,17-19H,4-7,10-11,13H2,(H,22,24);2*(H,6,7)/t17-,18-,19+;;/m1../s1. The predicted octanol–water partition coefficient (Wildman–Crippen LogP) is 3.42. The number of likely N-dealkylation sites (tertiary alicyclic amines) is 1. The molecule has 0 radical (unpaired) electrons. The maximum absolute atomic E-state index is 12.4. The zero-order chi connectivity index (χ0) is 29.9. The molecule has 2 aromatic heterocycles. The van der Waals surface area contributed by atoms with Crippen molar-refractivity contribution in [3.05, 3.63) is 54.2 Å². The van der Waals surface area contributed by atoms with Crippen LogP contribution in [0.1, 0.15) is 30.5 Å². The summed E-state index contributed by atoms with van der Waals surface area (Å²) in [5.74, 6) is -5.51. The summed E-state index contributed by atoms with van der Waals surface area (Å²) in [6.45, 7) is 2.49. The molecule has 2 saturated heterocycles. The second kappa shape index (κ2) is 14.6. The van der Waals surface area contributed by atoms with E-state index in [1.54, 1.807) is 18.7 Å². The lowest BCUT2D eigenvalue weighted by Gasteiger charge is -2.35. The summed E-state index contributed by atoms with van der Waals surface area (Å²) >= 11 is 0. The van der Waals surface area contributed by atoms with Gasteiger partial charge in [-0.05, 0) is 37.5 Å². The van der Waals surface area contributed by atoms with Gasteiger partial charge in [-0.25, -0.2) is 9.59 Å². The van der Waals surface area contributed by atoms with Crippen LogP contribution in [0.2, 0.25) is 0 Å². The highest BCUT2D eigenvalue weighted by molar-refractivity contribution is 5.80. The molecule has 0 aromatic carbocycles. The fourth-order valence-electron chi connectivity index (χ4n) is 3.99. The number of nitrogens with one attached hydrogen (secondary N) is 1. The first-order chi connectivity index (χ1) is 18.7. The Labute approximate surface area is 223 Å². The number of fused-ring (bicyclic) bond motifs is 1. The van der Waals surface area contributed by atoms with Crippen LogP contribution in [0.25, 0.3) is 0 Å². The van der Waals surface area contributed by atoms with E-state index >= 15 is 0 Å². The van der Waals surface area contributed by atoms with Crippen molar-refractivity contribution in [1.29, 1.82) is 0 Å². The molecular formula is C24H27F6N3O7. The Morgan fingerprint density at radius 2 is 1.65 bits per heavy atom. The lowest BCUT2D eigenvalue weighted by atomic mass is 9.98. The molecule has 4 heterocycles. The second-order valence-electron chi connectivity index (χ2n) is 8.67. The molecule has 2 fully saturated rings. The van der Waals surface area contributed by atoms with E-state index in [-0.39, 0.29) is 18.1 Å². The Morgan fingerprint density at radius 3 is 2.17 bits per heavy atom. The van der Waals surface area contributed by atoms with Crippen molar-refractivity contribution in [2.75, 3.05) is 13.1 Å². The molecule has 10 nitrogen and oxygen atoms in total. The van der Waals surface area contributed by atoms with Gasteiger partial charge in [0.05, 0.1) is 18.6 Å². The minimum absolute atomic E-state index is 0.00710. The van der Waals surface area contributed by atoms with Crippen molar-refractivity contribution in [2.24, 2.45) is 0 Å². The van der Waals surface area contributed by atoms with Crippen molar-refractivity contribution in [2.45, 2.75) is 62.8 Å². The van der Waals surface area contributed by atoms with E-state index in [0.717, 1.165) is 44.5 Å². The molecule has 3 N–H and O–H groups in total. The predicted molar refractivity (Wildman–Crippen MR) is 124 cm³/mol. The lowest BCUT2D eigenvalue weighted by molar-refractivity contribution is -0.193. The summed E-state index contributed by atoms with van der Waals surface area (Å²) in [6.07, 6.45) is -1.54. The number of carbonyl (C=O) groups excluding carboxylic acids is 1. The monoisotopic (exact) mass is 583 g/mol. The maximum atomic E-state index is 12.4. The van der Waals surface area contributed by atoms with Crippen molar-refractivity contribution in [3.8, 4) is 0 Å². The molecule has 2 aliphatic heterocycles. The number of ether oxygens (including phenoxy) is 1. The van der Waals surface area contributed by atoms with Crippen molar-refractivity contribution in [3.63, 3.8) is 0 Å². The smallest absolute Gasteiger partial charge is 0.475 e. The highest BCUT2D eigenvalue weighted by Crippen LogP contribution is 2.32. The average Bonchev–Trinajstić information content (AvgIpc) is 3.54. The van der Waals surface area contributed by atoms with Gasteiger partial charge in [-0.1, -0.05) is 6.07 Å².